The number of carbonyl (C=O) groups is 1. The van der Waals surface area contributed by atoms with Crippen molar-refractivity contribution in [2.45, 2.75) is 6.54 Å². The summed E-state index contributed by atoms with van der Waals surface area (Å²) in [4.78, 5) is 13.6. The van der Waals surface area contributed by atoms with Gasteiger partial charge in [-0.3, -0.25) is 4.79 Å². The molecule has 0 saturated carbocycles. The molecular formula is C20H17F2NO3S. The van der Waals surface area contributed by atoms with Gasteiger partial charge in [-0.05, 0) is 42.0 Å². The molecule has 0 bridgehead atoms. The summed E-state index contributed by atoms with van der Waals surface area (Å²) < 4.78 is 36.9. The van der Waals surface area contributed by atoms with Crippen molar-refractivity contribution >= 4 is 17.2 Å². The molecule has 27 heavy (non-hydrogen) atoms. The Morgan fingerprint density at radius 3 is 2.52 bits per heavy atom. The van der Waals surface area contributed by atoms with E-state index in [1.807, 2.05) is 6.07 Å². The van der Waals surface area contributed by atoms with Crippen LogP contribution in [0.15, 0.2) is 48.5 Å². The van der Waals surface area contributed by atoms with Crippen LogP contribution in [0.3, 0.4) is 0 Å². The molecule has 140 valence electrons. The number of nitrogens with one attached hydrogen (secondary N) is 1. The van der Waals surface area contributed by atoms with Gasteiger partial charge in [0.1, 0.15) is 11.5 Å². The van der Waals surface area contributed by atoms with Crippen molar-refractivity contribution in [1.29, 1.82) is 0 Å². The fourth-order valence-electron chi connectivity index (χ4n) is 2.52. The van der Waals surface area contributed by atoms with E-state index in [-0.39, 0.29) is 12.5 Å². The van der Waals surface area contributed by atoms with E-state index in [1.54, 1.807) is 38.5 Å². The second kappa shape index (κ2) is 8.18. The Morgan fingerprint density at radius 1 is 1.00 bits per heavy atom. The third-order valence-corrected chi connectivity index (χ3v) is 5.10. The number of benzene rings is 2. The molecule has 0 radical (unpaired) electrons. The molecule has 1 N–H and O–H groups in total. The van der Waals surface area contributed by atoms with Crippen LogP contribution in [0.1, 0.15) is 15.2 Å². The quantitative estimate of drug-likeness (QED) is 0.668. The zero-order valence-corrected chi connectivity index (χ0v) is 15.5. The maximum absolute atomic E-state index is 13.4. The fourth-order valence-corrected chi connectivity index (χ4v) is 3.44. The molecule has 7 heteroatoms. The summed E-state index contributed by atoms with van der Waals surface area (Å²) in [5.41, 5.74) is 1.33. The molecule has 0 aliphatic heterocycles. The highest BCUT2D eigenvalue weighted by molar-refractivity contribution is 7.17. The highest BCUT2D eigenvalue weighted by Crippen LogP contribution is 2.29. The molecule has 1 aromatic heterocycles. The van der Waals surface area contributed by atoms with Gasteiger partial charge in [-0.15, -0.1) is 11.3 Å². The predicted molar refractivity (Wildman–Crippen MR) is 100 cm³/mol. The van der Waals surface area contributed by atoms with Crippen LogP contribution in [0.5, 0.6) is 11.5 Å². The highest BCUT2D eigenvalue weighted by atomic mass is 32.1. The number of carbonyl (C=O) groups excluding carboxylic acids is 1. The van der Waals surface area contributed by atoms with Crippen molar-refractivity contribution in [3.8, 4) is 21.9 Å². The highest BCUT2D eigenvalue weighted by Gasteiger charge is 2.13. The van der Waals surface area contributed by atoms with Gasteiger partial charge in [0, 0.05) is 23.1 Å². The molecule has 0 atom stereocenters. The van der Waals surface area contributed by atoms with Crippen LogP contribution in [0, 0.1) is 11.6 Å². The van der Waals surface area contributed by atoms with Gasteiger partial charge in [0.05, 0.1) is 19.1 Å². The van der Waals surface area contributed by atoms with E-state index in [0.717, 1.165) is 17.7 Å². The van der Waals surface area contributed by atoms with E-state index in [2.05, 4.69) is 5.32 Å². The van der Waals surface area contributed by atoms with Crippen molar-refractivity contribution in [3.63, 3.8) is 0 Å². The lowest BCUT2D eigenvalue weighted by Gasteiger charge is -2.11. The lowest BCUT2D eigenvalue weighted by atomic mass is 10.2. The number of ether oxygens (including phenoxy) is 2. The lowest BCUT2D eigenvalue weighted by molar-refractivity contribution is 0.0954. The molecule has 3 rings (SSSR count). The Hall–Kier alpha value is -2.93. The number of rotatable bonds is 6. The molecule has 0 fully saturated rings. The van der Waals surface area contributed by atoms with Gasteiger partial charge in [0.25, 0.3) is 5.91 Å². The van der Waals surface area contributed by atoms with Crippen LogP contribution in [0.25, 0.3) is 10.4 Å². The first-order valence-electron chi connectivity index (χ1n) is 8.06. The Morgan fingerprint density at radius 2 is 1.81 bits per heavy atom. The first-order chi connectivity index (χ1) is 13.0. The Labute approximate surface area is 159 Å². The molecule has 1 amide bonds. The zero-order valence-electron chi connectivity index (χ0n) is 14.7. The minimum absolute atomic E-state index is 0.258. The van der Waals surface area contributed by atoms with Gasteiger partial charge in [-0.25, -0.2) is 8.78 Å². The largest absolute Gasteiger partial charge is 0.497 e. The van der Waals surface area contributed by atoms with Gasteiger partial charge >= 0.3 is 0 Å². The minimum Gasteiger partial charge on any atom is -0.497 e. The van der Waals surface area contributed by atoms with E-state index < -0.39 is 11.6 Å². The molecule has 0 saturated heterocycles. The third-order valence-electron chi connectivity index (χ3n) is 3.97. The van der Waals surface area contributed by atoms with Crippen LogP contribution < -0.4 is 14.8 Å². The average Bonchev–Trinajstić information content (AvgIpc) is 3.18. The van der Waals surface area contributed by atoms with Gasteiger partial charge < -0.3 is 14.8 Å². The predicted octanol–water partition coefficient (Wildman–Crippen LogP) is 4.64. The van der Waals surface area contributed by atoms with E-state index in [9.17, 15) is 13.6 Å². The zero-order chi connectivity index (χ0) is 19.4. The number of hydrogen-bond donors (Lipinski definition) is 1. The Bertz CT molecular complexity index is 972. The van der Waals surface area contributed by atoms with E-state index in [4.69, 9.17) is 9.47 Å². The maximum atomic E-state index is 13.4. The van der Waals surface area contributed by atoms with Crippen LogP contribution in [-0.2, 0) is 6.54 Å². The number of halogens is 2. The molecule has 4 nitrogen and oxygen atoms in total. The molecule has 0 aliphatic rings. The Balaban J connectivity index is 1.70. The summed E-state index contributed by atoms with van der Waals surface area (Å²) in [6.07, 6.45) is 0. The summed E-state index contributed by atoms with van der Waals surface area (Å²) in [6, 6.07) is 12.4. The van der Waals surface area contributed by atoms with Gasteiger partial charge in [0.2, 0.25) is 0 Å². The molecule has 0 aliphatic carbocycles. The maximum Gasteiger partial charge on any atom is 0.261 e. The average molecular weight is 389 g/mol. The van der Waals surface area contributed by atoms with Crippen LogP contribution >= 0.6 is 11.3 Å². The second-order valence-corrected chi connectivity index (χ2v) is 6.74. The number of methoxy groups -OCH3 is 2. The fraction of sp³-hybridized carbons (Fsp3) is 0.150. The summed E-state index contributed by atoms with van der Waals surface area (Å²) >= 11 is 1.21. The molecule has 2 aromatic carbocycles. The van der Waals surface area contributed by atoms with E-state index >= 15 is 0 Å². The van der Waals surface area contributed by atoms with Crippen LogP contribution in [0.2, 0.25) is 0 Å². The number of thiophene rings is 1. The second-order valence-electron chi connectivity index (χ2n) is 5.65. The summed E-state index contributed by atoms with van der Waals surface area (Å²) in [5.74, 6) is -0.799. The van der Waals surface area contributed by atoms with E-state index in [0.29, 0.717) is 26.8 Å². The summed E-state index contributed by atoms with van der Waals surface area (Å²) in [6.45, 7) is 0.282. The van der Waals surface area contributed by atoms with Crippen LogP contribution in [0.4, 0.5) is 8.78 Å². The third kappa shape index (κ3) is 4.25. The standard InChI is InChI=1S/C20H17F2NO3S/c1-25-14-5-3-13(17(10-14)26-2)11-23-20(24)19-8-7-18(27-19)12-4-6-15(21)16(22)9-12/h3-10H,11H2,1-2H3,(H,23,24). The lowest BCUT2D eigenvalue weighted by Crippen LogP contribution is -2.22. The van der Waals surface area contributed by atoms with Gasteiger partial charge in [0.15, 0.2) is 11.6 Å². The van der Waals surface area contributed by atoms with Gasteiger partial charge in [-0.2, -0.15) is 0 Å². The molecule has 0 unspecified atom stereocenters. The summed E-state index contributed by atoms with van der Waals surface area (Å²) in [5, 5.41) is 2.83. The Kier molecular flexibility index (Phi) is 5.71. The van der Waals surface area contributed by atoms with Crippen LogP contribution in [-0.4, -0.2) is 20.1 Å². The smallest absolute Gasteiger partial charge is 0.261 e. The molecule has 3 aromatic rings. The SMILES string of the molecule is COc1ccc(CNC(=O)c2ccc(-c3ccc(F)c(F)c3)s2)c(OC)c1. The van der Waals surface area contributed by atoms with Crippen molar-refractivity contribution in [2.75, 3.05) is 14.2 Å². The van der Waals surface area contributed by atoms with E-state index in [1.165, 1.54) is 17.4 Å². The first kappa shape index (κ1) is 18.8. The molecule has 1 heterocycles. The number of hydrogen-bond acceptors (Lipinski definition) is 4. The van der Waals surface area contributed by atoms with Crippen molar-refractivity contribution in [2.24, 2.45) is 0 Å². The summed E-state index contributed by atoms with van der Waals surface area (Å²) in [7, 11) is 3.12. The first-order valence-corrected chi connectivity index (χ1v) is 8.88. The molecule has 0 spiro atoms. The minimum atomic E-state index is -0.918. The van der Waals surface area contributed by atoms with Gasteiger partial charge in [-0.1, -0.05) is 6.07 Å². The normalized spacial score (nSPS) is 10.5. The van der Waals surface area contributed by atoms with Crippen molar-refractivity contribution in [1.82, 2.24) is 5.32 Å². The monoisotopic (exact) mass is 389 g/mol. The van der Waals surface area contributed by atoms with Crippen molar-refractivity contribution < 1.29 is 23.0 Å². The van der Waals surface area contributed by atoms with Crippen molar-refractivity contribution in [3.05, 3.63) is 70.6 Å². The number of amides is 1. The molecular weight excluding hydrogens is 372 g/mol. The topological polar surface area (TPSA) is 47.6 Å².